The Bertz CT molecular complexity index is 2120. The second-order valence-electron chi connectivity index (χ2n) is 13.7. The van der Waals surface area contributed by atoms with Crippen LogP contribution in [0.1, 0.15) is 67.3 Å². The SMILES string of the molecule is CC.COc1cc(-c2cc(C(=O)N(Cc3ccccc3)c3ccccc3)c(C)n2C)c(C(=O)N2Cc3ccccc3CC2CN2CCOCC2)cc1C(N)=O. The molecule has 0 aliphatic carbocycles. The first kappa shape index (κ1) is 39.0. The topological polar surface area (TPSA) is 110 Å². The summed E-state index contributed by atoms with van der Waals surface area (Å²) in [6.45, 7) is 10.3. The largest absolute Gasteiger partial charge is 0.496 e. The highest BCUT2D eigenvalue weighted by atomic mass is 16.5. The molecule has 55 heavy (non-hydrogen) atoms. The summed E-state index contributed by atoms with van der Waals surface area (Å²) >= 11 is 0. The predicted octanol–water partition coefficient (Wildman–Crippen LogP) is 6.88. The van der Waals surface area contributed by atoms with Crippen LogP contribution in [0.25, 0.3) is 11.3 Å². The first-order chi connectivity index (χ1) is 26.7. The summed E-state index contributed by atoms with van der Waals surface area (Å²) in [6.07, 6.45) is 0.700. The Morgan fingerprint density at radius 1 is 0.836 bits per heavy atom. The van der Waals surface area contributed by atoms with Crippen LogP contribution in [-0.2, 0) is 31.3 Å². The molecular weight excluding hydrogens is 691 g/mol. The second kappa shape index (κ2) is 17.6. The number of aromatic nitrogens is 1. The number of benzene rings is 4. The van der Waals surface area contributed by atoms with Gasteiger partial charge >= 0.3 is 0 Å². The molecule has 2 aliphatic rings. The average molecular weight is 742 g/mol. The lowest BCUT2D eigenvalue weighted by Crippen LogP contribution is -2.52. The third kappa shape index (κ3) is 8.35. The first-order valence-corrected chi connectivity index (χ1v) is 19.0. The summed E-state index contributed by atoms with van der Waals surface area (Å²) in [4.78, 5) is 48.5. The van der Waals surface area contributed by atoms with Gasteiger partial charge in [0.15, 0.2) is 0 Å². The smallest absolute Gasteiger partial charge is 0.260 e. The monoisotopic (exact) mass is 741 g/mol. The minimum Gasteiger partial charge on any atom is -0.496 e. The molecule has 0 radical (unpaired) electrons. The van der Waals surface area contributed by atoms with Gasteiger partial charge in [-0.05, 0) is 60.4 Å². The summed E-state index contributed by atoms with van der Waals surface area (Å²) < 4.78 is 13.2. The van der Waals surface area contributed by atoms with Crippen LogP contribution in [0.15, 0.2) is 103 Å². The minimum absolute atomic E-state index is 0.113. The zero-order chi connectivity index (χ0) is 39.1. The number of nitrogens with zero attached hydrogens (tertiary/aromatic N) is 4. The number of hydrogen-bond acceptors (Lipinski definition) is 6. The molecule has 2 aliphatic heterocycles. The summed E-state index contributed by atoms with van der Waals surface area (Å²) in [5.41, 5.74) is 12.8. The molecule has 3 amide bonds. The Morgan fingerprint density at radius 3 is 2.13 bits per heavy atom. The van der Waals surface area contributed by atoms with Crippen LogP contribution in [0.2, 0.25) is 0 Å². The van der Waals surface area contributed by atoms with Crippen molar-refractivity contribution in [2.45, 2.75) is 46.3 Å². The fourth-order valence-electron chi connectivity index (χ4n) is 7.53. The van der Waals surface area contributed by atoms with Gasteiger partial charge < -0.3 is 29.6 Å². The van der Waals surface area contributed by atoms with E-state index in [4.69, 9.17) is 15.2 Å². The number of methoxy groups -OCH3 is 1. The molecule has 1 unspecified atom stereocenters. The molecule has 286 valence electrons. The van der Waals surface area contributed by atoms with E-state index < -0.39 is 5.91 Å². The van der Waals surface area contributed by atoms with Gasteiger partial charge in [0.25, 0.3) is 17.7 Å². The van der Waals surface area contributed by atoms with E-state index in [1.54, 1.807) is 17.0 Å². The zero-order valence-electron chi connectivity index (χ0n) is 32.5. The number of carbonyl (C=O) groups is 3. The molecule has 2 N–H and O–H groups in total. The van der Waals surface area contributed by atoms with Gasteiger partial charge in [-0.2, -0.15) is 0 Å². The van der Waals surface area contributed by atoms with E-state index in [2.05, 4.69) is 17.0 Å². The second-order valence-corrected chi connectivity index (χ2v) is 13.7. The molecule has 0 spiro atoms. The van der Waals surface area contributed by atoms with E-state index in [1.807, 2.05) is 116 Å². The van der Waals surface area contributed by atoms with Gasteiger partial charge in [0.05, 0.1) is 38.0 Å². The Labute approximate surface area is 324 Å². The number of anilines is 1. The number of rotatable bonds is 10. The molecule has 5 aromatic rings. The lowest BCUT2D eigenvalue weighted by molar-refractivity contribution is 0.0193. The van der Waals surface area contributed by atoms with Gasteiger partial charge in [-0.25, -0.2) is 0 Å². The number of primary amides is 1. The lowest BCUT2D eigenvalue weighted by atomic mass is 9.91. The number of para-hydroxylation sites is 1. The number of amides is 3. The van der Waals surface area contributed by atoms with Crippen LogP contribution in [0.4, 0.5) is 5.69 Å². The lowest BCUT2D eigenvalue weighted by Gasteiger charge is -2.40. The van der Waals surface area contributed by atoms with Crippen LogP contribution >= 0.6 is 0 Å². The fourth-order valence-corrected chi connectivity index (χ4v) is 7.53. The number of fused-ring (bicyclic) bond motifs is 1. The predicted molar refractivity (Wildman–Crippen MR) is 216 cm³/mol. The Balaban J connectivity index is 0.00000253. The molecule has 0 saturated carbocycles. The maximum Gasteiger partial charge on any atom is 0.260 e. The Hall–Kier alpha value is -5.71. The van der Waals surface area contributed by atoms with Crippen molar-refractivity contribution in [2.75, 3.05) is 44.9 Å². The Kier molecular flexibility index (Phi) is 12.5. The minimum atomic E-state index is -0.699. The molecule has 1 fully saturated rings. The molecule has 10 nitrogen and oxygen atoms in total. The van der Waals surface area contributed by atoms with E-state index >= 15 is 4.79 Å². The quantitative estimate of drug-likeness (QED) is 0.167. The number of ether oxygens (including phenoxy) is 2. The van der Waals surface area contributed by atoms with Crippen molar-refractivity contribution in [3.63, 3.8) is 0 Å². The summed E-state index contributed by atoms with van der Waals surface area (Å²) in [5.74, 6) is -0.847. The van der Waals surface area contributed by atoms with Gasteiger partial charge in [-0.15, -0.1) is 0 Å². The highest BCUT2D eigenvalue weighted by Gasteiger charge is 2.35. The Morgan fingerprint density at radius 2 is 1.47 bits per heavy atom. The molecule has 4 aromatic carbocycles. The highest BCUT2D eigenvalue weighted by Crippen LogP contribution is 2.37. The van der Waals surface area contributed by atoms with Crippen molar-refractivity contribution in [3.8, 4) is 17.0 Å². The van der Waals surface area contributed by atoms with Crippen molar-refractivity contribution in [3.05, 3.63) is 142 Å². The summed E-state index contributed by atoms with van der Waals surface area (Å²) in [6, 6.07) is 32.7. The molecule has 10 heteroatoms. The van der Waals surface area contributed by atoms with Crippen LogP contribution in [0.5, 0.6) is 5.75 Å². The van der Waals surface area contributed by atoms with Crippen LogP contribution in [0, 0.1) is 6.92 Å². The molecule has 0 bridgehead atoms. The van der Waals surface area contributed by atoms with Gasteiger partial charge in [-0.1, -0.05) is 86.6 Å². The van der Waals surface area contributed by atoms with Crippen molar-refractivity contribution < 1.29 is 23.9 Å². The van der Waals surface area contributed by atoms with E-state index in [9.17, 15) is 9.59 Å². The van der Waals surface area contributed by atoms with Gasteiger partial charge in [0.2, 0.25) is 0 Å². The van der Waals surface area contributed by atoms with E-state index in [0.29, 0.717) is 61.7 Å². The molecule has 1 saturated heterocycles. The molecule has 3 heterocycles. The van der Waals surface area contributed by atoms with Gasteiger partial charge in [0.1, 0.15) is 5.75 Å². The average Bonchev–Trinajstić information content (AvgIpc) is 3.53. The van der Waals surface area contributed by atoms with Crippen molar-refractivity contribution >= 4 is 23.4 Å². The number of morpholine rings is 1. The fraction of sp³-hybridized carbons (Fsp3) is 0.311. The van der Waals surface area contributed by atoms with E-state index in [0.717, 1.165) is 35.6 Å². The maximum atomic E-state index is 15.1. The van der Waals surface area contributed by atoms with Gasteiger partial charge in [0, 0.05) is 67.5 Å². The third-order valence-electron chi connectivity index (χ3n) is 10.6. The van der Waals surface area contributed by atoms with Crippen LogP contribution in [0.3, 0.4) is 0 Å². The van der Waals surface area contributed by atoms with Crippen molar-refractivity contribution in [1.82, 2.24) is 14.4 Å². The highest BCUT2D eigenvalue weighted by molar-refractivity contribution is 6.09. The van der Waals surface area contributed by atoms with E-state index in [1.165, 1.54) is 12.7 Å². The van der Waals surface area contributed by atoms with Crippen LogP contribution < -0.4 is 15.4 Å². The maximum absolute atomic E-state index is 15.1. The zero-order valence-corrected chi connectivity index (χ0v) is 32.5. The van der Waals surface area contributed by atoms with E-state index in [-0.39, 0.29) is 29.2 Å². The summed E-state index contributed by atoms with van der Waals surface area (Å²) in [5, 5.41) is 0. The molecule has 7 rings (SSSR count). The molecule has 1 atom stereocenters. The molecular formula is C45H51N5O5. The third-order valence-corrected chi connectivity index (χ3v) is 10.6. The summed E-state index contributed by atoms with van der Waals surface area (Å²) in [7, 11) is 3.35. The number of nitrogens with two attached hydrogens (primary N) is 1. The number of carbonyl (C=O) groups excluding carboxylic acids is 3. The van der Waals surface area contributed by atoms with Crippen LogP contribution in [-0.4, -0.2) is 78.1 Å². The van der Waals surface area contributed by atoms with Gasteiger partial charge in [-0.3, -0.25) is 19.3 Å². The number of hydrogen-bond donors (Lipinski definition) is 1. The normalized spacial score (nSPS) is 15.4. The van der Waals surface area contributed by atoms with Crippen molar-refractivity contribution in [1.29, 1.82) is 0 Å². The van der Waals surface area contributed by atoms with Crippen molar-refractivity contribution in [2.24, 2.45) is 12.8 Å². The molecule has 1 aromatic heterocycles. The standard InChI is InChI=1S/C43H45N5O5.C2H6/c1-29-35(42(50)47(33-16-8-5-9-17-33)26-30-12-6-4-7-13-30)24-39(45(29)2)36-25-40(52-3)38(41(44)49)23-37(36)43(51)48-27-32-15-11-10-14-31(32)22-34(48)28-46-18-20-53-21-19-46;1-2/h4-17,23-25,34H,18-22,26-28H2,1-3H3,(H2,44,49);1-2H3. The first-order valence-electron chi connectivity index (χ1n) is 19.0.